The Hall–Kier alpha value is -3.12. The molecule has 0 spiro atoms. The fraction of sp³-hybridized carbons (Fsp3) is 0.226. The molecule has 0 radical (unpaired) electrons. The van der Waals surface area contributed by atoms with Crippen molar-refractivity contribution in [2.24, 2.45) is 0 Å². The van der Waals surface area contributed by atoms with Crippen molar-refractivity contribution in [2.75, 3.05) is 0 Å². The number of benzene rings is 4. The summed E-state index contributed by atoms with van der Waals surface area (Å²) in [7, 11) is 0. The zero-order chi connectivity index (χ0) is 22.8. The van der Waals surface area contributed by atoms with Gasteiger partial charge < -0.3 is 0 Å². The van der Waals surface area contributed by atoms with E-state index < -0.39 is 0 Å². The predicted molar refractivity (Wildman–Crippen MR) is 140 cm³/mol. The maximum absolute atomic E-state index is 2.30. The number of aryl methyl sites for hydroxylation is 3. The Morgan fingerprint density at radius 1 is 0.290 bits per heavy atom. The van der Waals surface area contributed by atoms with Crippen LogP contribution in [0.3, 0.4) is 0 Å². The Morgan fingerprint density at radius 2 is 0.484 bits per heavy atom. The van der Waals surface area contributed by atoms with Crippen LogP contribution in [0.2, 0.25) is 0 Å². The van der Waals surface area contributed by atoms with Gasteiger partial charge in [0.2, 0.25) is 0 Å². The quantitative estimate of drug-likeness (QED) is 0.316. The number of hydrogen-bond donors (Lipinski definition) is 0. The van der Waals surface area contributed by atoms with Crippen molar-refractivity contribution in [1.29, 1.82) is 0 Å². The molecule has 31 heavy (non-hydrogen) atoms. The Kier molecular flexibility index (Phi) is 9.28. The molecule has 0 aromatic heterocycles. The van der Waals surface area contributed by atoms with Crippen LogP contribution in [0.25, 0.3) is 33.4 Å². The van der Waals surface area contributed by atoms with E-state index in [2.05, 4.69) is 112 Å². The second kappa shape index (κ2) is 11.9. The molecule has 0 heterocycles. The first-order chi connectivity index (χ1) is 15.1. The van der Waals surface area contributed by atoms with Gasteiger partial charge in [0.25, 0.3) is 0 Å². The van der Waals surface area contributed by atoms with Gasteiger partial charge in [-0.15, -0.1) is 0 Å². The van der Waals surface area contributed by atoms with E-state index in [4.69, 9.17) is 0 Å². The van der Waals surface area contributed by atoms with Crippen LogP contribution in [0.1, 0.15) is 44.4 Å². The highest BCUT2D eigenvalue weighted by Gasteiger charge is 2.07. The van der Waals surface area contributed by atoms with Gasteiger partial charge in [-0.2, -0.15) is 0 Å². The molecule has 4 aromatic carbocycles. The molecule has 0 fully saturated rings. The van der Waals surface area contributed by atoms with Gasteiger partial charge >= 0.3 is 0 Å². The van der Waals surface area contributed by atoms with Crippen LogP contribution >= 0.6 is 0 Å². The van der Waals surface area contributed by atoms with E-state index in [1.54, 1.807) is 0 Å². The molecule has 0 nitrogen and oxygen atoms in total. The lowest BCUT2D eigenvalue weighted by molar-refractivity contribution is 1.45. The zero-order valence-electron chi connectivity index (χ0n) is 20.2. The third-order valence-corrected chi connectivity index (χ3v) is 5.09. The summed E-state index contributed by atoms with van der Waals surface area (Å²) in [6, 6.07) is 33.2. The predicted octanol–water partition coefficient (Wildman–Crippen LogP) is 9.67. The normalized spacial score (nSPS) is 9.77. The fourth-order valence-corrected chi connectivity index (χ4v) is 3.37. The van der Waals surface area contributed by atoms with E-state index in [0.29, 0.717) is 0 Å². The molecule has 0 saturated heterocycles. The molecule has 4 aromatic rings. The van der Waals surface area contributed by atoms with Gasteiger partial charge in [-0.1, -0.05) is 117 Å². The average Bonchev–Trinajstić information content (AvgIpc) is 2.83. The van der Waals surface area contributed by atoms with E-state index in [9.17, 15) is 0 Å². The average molecular weight is 409 g/mol. The highest BCUT2D eigenvalue weighted by molar-refractivity contribution is 5.81. The van der Waals surface area contributed by atoms with Crippen molar-refractivity contribution < 1.29 is 0 Å². The van der Waals surface area contributed by atoms with Gasteiger partial charge in [-0.05, 0) is 72.4 Å². The van der Waals surface area contributed by atoms with E-state index in [0.717, 1.165) is 0 Å². The van der Waals surface area contributed by atoms with Crippen molar-refractivity contribution >= 4 is 0 Å². The van der Waals surface area contributed by atoms with Crippen LogP contribution < -0.4 is 0 Å². The third kappa shape index (κ3) is 6.43. The molecule has 160 valence electrons. The molecule has 0 heteroatoms. The first-order valence-corrected chi connectivity index (χ1v) is 11.4. The molecule has 0 aliphatic rings. The molecule has 4 rings (SSSR count). The summed E-state index contributed by atoms with van der Waals surface area (Å²) in [4.78, 5) is 0. The molecule has 0 unspecified atom stereocenters. The highest BCUT2D eigenvalue weighted by atomic mass is 14.1. The van der Waals surface area contributed by atoms with Crippen molar-refractivity contribution in [3.8, 4) is 33.4 Å². The monoisotopic (exact) mass is 408 g/mol. The van der Waals surface area contributed by atoms with Gasteiger partial charge in [-0.25, -0.2) is 0 Å². The first-order valence-electron chi connectivity index (χ1n) is 11.4. The van der Waals surface area contributed by atoms with E-state index >= 15 is 0 Å². The minimum atomic E-state index is 1.25. The Bertz CT molecular complexity index is 897. The Labute approximate surface area is 189 Å². The van der Waals surface area contributed by atoms with Crippen LogP contribution in [0, 0.1) is 20.8 Å². The van der Waals surface area contributed by atoms with Crippen LogP contribution in [-0.2, 0) is 0 Å². The molecule has 0 amide bonds. The molecule has 0 bridgehead atoms. The Morgan fingerprint density at radius 3 is 0.677 bits per heavy atom. The lowest BCUT2D eigenvalue weighted by atomic mass is 9.92. The zero-order valence-corrected chi connectivity index (χ0v) is 20.2. The number of rotatable bonds is 3. The van der Waals surface area contributed by atoms with Crippen LogP contribution in [-0.4, -0.2) is 0 Å². The van der Waals surface area contributed by atoms with Gasteiger partial charge in [0.1, 0.15) is 0 Å². The molecule has 0 saturated carbocycles. The molecular formula is C31H36. The Balaban J connectivity index is 0.000000807. The third-order valence-electron chi connectivity index (χ3n) is 5.09. The largest absolute Gasteiger partial charge is 0.0683 e. The number of hydrogen-bond acceptors (Lipinski definition) is 0. The van der Waals surface area contributed by atoms with Crippen molar-refractivity contribution in [1.82, 2.24) is 0 Å². The summed E-state index contributed by atoms with van der Waals surface area (Å²) < 4.78 is 0. The van der Waals surface area contributed by atoms with E-state index in [-0.39, 0.29) is 0 Å². The second-order valence-electron chi connectivity index (χ2n) is 7.40. The van der Waals surface area contributed by atoms with Crippen molar-refractivity contribution in [2.45, 2.75) is 48.5 Å². The fourth-order valence-electron chi connectivity index (χ4n) is 3.37. The lowest BCUT2D eigenvalue weighted by Gasteiger charge is -2.12. The lowest BCUT2D eigenvalue weighted by Crippen LogP contribution is -1.87. The van der Waals surface area contributed by atoms with Crippen molar-refractivity contribution in [3.05, 3.63) is 108 Å². The molecular weight excluding hydrogens is 372 g/mol. The summed E-state index contributed by atoms with van der Waals surface area (Å²) in [5.74, 6) is 0. The van der Waals surface area contributed by atoms with Gasteiger partial charge in [-0.3, -0.25) is 0 Å². The maximum Gasteiger partial charge on any atom is -0.0172 e. The minimum absolute atomic E-state index is 1.25. The summed E-state index contributed by atoms with van der Waals surface area (Å²) in [5.41, 5.74) is 11.4. The maximum atomic E-state index is 2.30. The van der Waals surface area contributed by atoms with Crippen LogP contribution in [0.5, 0.6) is 0 Å². The van der Waals surface area contributed by atoms with Crippen LogP contribution in [0.4, 0.5) is 0 Å². The van der Waals surface area contributed by atoms with E-state index in [1.165, 1.54) is 50.1 Å². The molecule has 0 aliphatic heterocycles. The summed E-state index contributed by atoms with van der Waals surface area (Å²) in [6.07, 6.45) is 0. The van der Waals surface area contributed by atoms with Crippen molar-refractivity contribution in [3.63, 3.8) is 0 Å². The molecule has 0 N–H and O–H groups in total. The van der Waals surface area contributed by atoms with Gasteiger partial charge in [0.05, 0.1) is 0 Å². The van der Waals surface area contributed by atoms with Gasteiger partial charge in [0, 0.05) is 0 Å². The smallest absolute Gasteiger partial charge is 0.0172 e. The topological polar surface area (TPSA) is 0 Å². The van der Waals surface area contributed by atoms with Crippen LogP contribution in [0.15, 0.2) is 91.0 Å². The SMILES string of the molecule is CC.CC.Cc1ccc(-c2cc(-c3ccc(C)cc3)cc(-c3ccc(C)cc3)c2)cc1. The van der Waals surface area contributed by atoms with E-state index in [1.807, 2.05) is 27.7 Å². The summed E-state index contributed by atoms with van der Waals surface area (Å²) in [6.45, 7) is 14.4. The molecule has 0 atom stereocenters. The standard InChI is InChI=1S/C27H24.2C2H6/c1-19-4-10-22(11-5-19)25-16-26(23-12-6-20(2)7-13-23)18-27(17-25)24-14-8-21(3)9-15-24;2*1-2/h4-18H,1-3H3;2*1-2H3. The van der Waals surface area contributed by atoms with Gasteiger partial charge in [0.15, 0.2) is 0 Å². The summed E-state index contributed by atoms with van der Waals surface area (Å²) in [5, 5.41) is 0. The second-order valence-corrected chi connectivity index (χ2v) is 7.40. The minimum Gasteiger partial charge on any atom is -0.0683 e. The highest BCUT2D eigenvalue weighted by Crippen LogP contribution is 2.33. The first kappa shape index (κ1) is 24.2. The summed E-state index contributed by atoms with van der Waals surface area (Å²) >= 11 is 0. The molecule has 0 aliphatic carbocycles.